The van der Waals surface area contributed by atoms with Crippen molar-refractivity contribution >= 4 is 23.4 Å². The molecule has 0 atom stereocenters. The zero-order valence-corrected chi connectivity index (χ0v) is 20.3. The average molecular weight is 453 g/mol. The zero-order valence-electron chi connectivity index (χ0n) is 19.5. The SMILES string of the molecule is Cc1cc(C)nc(SCc2ccc(C(=O)NN=C3CCCCCCCCCCC3)cc2)n1. The van der Waals surface area contributed by atoms with Gasteiger partial charge in [0.25, 0.3) is 5.91 Å². The maximum Gasteiger partial charge on any atom is 0.271 e. The van der Waals surface area contributed by atoms with Gasteiger partial charge in [0, 0.05) is 28.4 Å². The minimum Gasteiger partial charge on any atom is -0.267 e. The van der Waals surface area contributed by atoms with Crippen molar-refractivity contribution in [2.24, 2.45) is 5.10 Å². The molecule has 1 heterocycles. The standard InChI is InChI=1S/C26H36N4OS/c1-20-18-21(2)28-26(27-20)32-19-22-14-16-23(17-15-22)25(31)30-29-24-12-10-8-6-4-3-5-7-9-11-13-24/h14-18H,3-13,19H2,1-2H3,(H,30,31). The molecule has 0 spiro atoms. The van der Waals surface area contributed by atoms with Crippen molar-refractivity contribution < 1.29 is 4.79 Å². The molecule has 1 aromatic heterocycles. The molecule has 0 bridgehead atoms. The van der Waals surface area contributed by atoms with Crippen molar-refractivity contribution in [2.45, 2.75) is 95.4 Å². The van der Waals surface area contributed by atoms with Gasteiger partial charge in [-0.2, -0.15) is 5.10 Å². The highest BCUT2D eigenvalue weighted by Gasteiger charge is 2.08. The second-order valence-corrected chi connectivity index (χ2v) is 9.66. The van der Waals surface area contributed by atoms with Crippen LogP contribution < -0.4 is 5.43 Å². The van der Waals surface area contributed by atoms with Gasteiger partial charge in [-0.15, -0.1) is 0 Å². The molecule has 1 aromatic carbocycles. The van der Waals surface area contributed by atoms with E-state index < -0.39 is 0 Å². The fraction of sp³-hybridized carbons (Fsp3) is 0.538. The Hall–Kier alpha value is -2.21. The smallest absolute Gasteiger partial charge is 0.267 e. The Morgan fingerprint density at radius 3 is 1.97 bits per heavy atom. The van der Waals surface area contributed by atoms with Gasteiger partial charge < -0.3 is 0 Å². The predicted octanol–water partition coefficient (Wildman–Crippen LogP) is 6.78. The largest absolute Gasteiger partial charge is 0.271 e. The summed E-state index contributed by atoms with van der Waals surface area (Å²) in [5.41, 5.74) is 7.67. The van der Waals surface area contributed by atoms with Gasteiger partial charge in [-0.25, -0.2) is 15.4 Å². The summed E-state index contributed by atoms with van der Waals surface area (Å²) in [6.45, 7) is 3.97. The molecule has 0 unspecified atom stereocenters. The second kappa shape index (κ2) is 13.4. The summed E-state index contributed by atoms with van der Waals surface area (Å²) in [6.07, 6.45) is 13.6. The predicted molar refractivity (Wildman–Crippen MR) is 133 cm³/mol. The number of benzene rings is 1. The zero-order chi connectivity index (χ0) is 22.6. The molecule has 32 heavy (non-hydrogen) atoms. The van der Waals surface area contributed by atoms with Gasteiger partial charge in [0.2, 0.25) is 0 Å². The highest BCUT2D eigenvalue weighted by Crippen LogP contribution is 2.20. The summed E-state index contributed by atoms with van der Waals surface area (Å²) < 4.78 is 0. The lowest BCUT2D eigenvalue weighted by Crippen LogP contribution is -2.20. The van der Waals surface area contributed by atoms with Gasteiger partial charge in [-0.3, -0.25) is 4.79 Å². The molecule has 1 aliphatic rings. The second-order valence-electron chi connectivity index (χ2n) is 8.72. The van der Waals surface area contributed by atoms with Crippen LogP contribution in [0.1, 0.15) is 97.9 Å². The summed E-state index contributed by atoms with van der Waals surface area (Å²) in [7, 11) is 0. The van der Waals surface area contributed by atoms with Crippen LogP contribution in [0.25, 0.3) is 0 Å². The van der Waals surface area contributed by atoms with E-state index in [9.17, 15) is 4.79 Å². The number of hydrogen-bond donors (Lipinski definition) is 1. The lowest BCUT2D eigenvalue weighted by atomic mass is 10.00. The van der Waals surface area contributed by atoms with Crippen LogP contribution in [0.2, 0.25) is 0 Å². The Labute approximate surface area is 196 Å². The first-order valence-corrected chi connectivity index (χ1v) is 13.0. The van der Waals surface area contributed by atoms with Crippen molar-refractivity contribution in [3.63, 3.8) is 0 Å². The molecular weight excluding hydrogens is 416 g/mol. The van der Waals surface area contributed by atoms with E-state index in [1.165, 1.54) is 57.8 Å². The van der Waals surface area contributed by atoms with Crippen molar-refractivity contribution in [3.8, 4) is 0 Å². The third-order valence-corrected chi connectivity index (χ3v) is 6.71. The van der Waals surface area contributed by atoms with E-state index >= 15 is 0 Å². The number of hydrogen-bond acceptors (Lipinski definition) is 5. The van der Waals surface area contributed by atoms with Crippen LogP contribution in [0.5, 0.6) is 0 Å². The molecule has 0 saturated heterocycles. The van der Waals surface area contributed by atoms with E-state index in [-0.39, 0.29) is 5.91 Å². The molecule has 0 aliphatic heterocycles. The number of thioether (sulfide) groups is 1. The molecule has 3 rings (SSSR count). The van der Waals surface area contributed by atoms with Gasteiger partial charge in [0.15, 0.2) is 5.16 Å². The Balaban J connectivity index is 1.51. The highest BCUT2D eigenvalue weighted by molar-refractivity contribution is 7.98. The first-order chi connectivity index (χ1) is 15.6. The number of aromatic nitrogens is 2. The summed E-state index contributed by atoms with van der Waals surface area (Å²) in [6, 6.07) is 9.70. The maximum absolute atomic E-state index is 12.6. The number of carbonyl (C=O) groups excluding carboxylic acids is 1. The molecular formula is C26H36N4OS. The monoisotopic (exact) mass is 452 g/mol. The van der Waals surface area contributed by atoms with Crippen molar-refractivity contribution in [2.75, 3.05) is 0 Å². The minimum atomic E-state index is -0.138. The van der Waals surface area contributed by atoms with Gasteiger partial charge in [0.1, 0.15) is 0 Å². The van der Waals surface area contributed by atoms with E-state index in [1.54, 1.807) is 11.8 Å². The van der Waals surface area contributed by atoms with Gasteiger partial charge in [-0.1, -0.05) is 68.8 Å². The highest BCUT2D eigenvalue weighted by atomic mass is 32.2. The fourth-order valence-electron chi connectivity index (χ4n) is 3.99. The van der Waals surface area contributed by atoms with Crippen LogP contribution >= 0.6 is 11.8 Å². The topological polar surface area (TPSA) is 67.2 Å². The van der Waals surface area contributed by atoms with Crippen molar-refractivity contribution in [1.29, 1.82) is 0 Å². The Morgan fingerprint density at radius 2 is 1.41 bits per heavy atom. The molecule has 2 aromatic rings. The first kappa shape index (κ1) is 24.4. The van der Waals surface area contributed by atoms with Gasteiger partial charge in [0.05, 0.1) is 0 Å². The molecule has 1 saturated carbocycles. The van der Waals surface area contributed by atoms with Crippen molar-refractivity contribution in [1.82, 2.24) is 15.4 Å². The molecule has 5 nitrogen and oxygen atoms in total. The van der Waals surface area contributed by atoms with Crippen LogP contribution in [-0.4, -0.2) is 21.6 Å². The van der Waals surface area contributed by atoms with Gasteiger partial charge in [-0.05, 0) is 63.3 Å². The summed E-state index contributed by atoms with van der Waals surface area (Å²) in [5.74, 6) is 0.632. The number of nitrogens with one attached hydrogen (secondary N) is 1. The number of amides is 1. The lowest BCUT2D eigenvalue weighted by Gasteiger charge is -2.10. The molecule has 1 aliphatic carbocycles. The summed E-state index contributed by atoms with van der Waals surface area (Å²) >= 11 is 1.61. The number of carbonyl (C=O) groups is 1. The lowest BCUT2D eigenvalue weighted by molar-refractivity contribution is 0.0954. The molecule has 172 valence electrons. The van der Waals surface area contributed by atoms with Crippen LogP contribution in [-0.2, 0) is 5.75 Å². The summed E-state index contributed by atoms with van der Waals surface area (Å²) in [5, 5.41) is 5.29. The van der Waals surface area contributed by atoms with E-state index in [4.69, 9.17) is 0 Å². The number of rotatable bonds is 5. The number of hydrazone groups is 1. The molecule has 1 N–H and O–H groups in total. The third kappa shape index (κ3) is 8.73. The quantitative estimate of drug-likeness (QED) is 0.308. The molecule has 1 fully saturated rings. The number of nitrogens with zero attached hydrogens (tertiary/aromatic N) is 3. The fourth-order valence-corrected chi connectivity index (χ4v) is 4.89. The molecule has 6 heteroatoms. The maximum atomic E-state index is 12.6. The third-order valence-electron chi connectivity index (χ3n) is 5.79. The van der Waals surface area contributed by atoms with Crippen LogP contribution in [0.3, 0.4) is 0 Å². The van der Waals surface area contributed by atoms with Crippen LogP contribution in [0.4, 0.5) is 0 Å². The van der Waals surface area contributed by atoms with Crippen molar-refractivity contribution in [3.05, 3.63) is 52.8 Å². The van der Waals surface area contributed by atoms with E-state index in [0.717, 1.165) is 46.4 Å². The Kier molecular flexibility index (Phi) is 10.2. The Bertz CT molecular complexity index is 861. The first-order valence-electron chi connectivity index (χ1n) is 12.0. The van der Waals surface area contributed by atoms with E-state index in [2.05, 4.69) is 20.5 Å². The average Bonchev–Trinajstić information content (AvgIpc) is 2.77. The normalized spacial score (nSPS) is 16.0. The van der Waals surface area contributed by atoms with E-state index in [0.29, 0.717) is 5.56 Å². The molecule has 1 amide bonds. The minimum absolute atomic E-state index is 0.138. The Morgan fingerprint density at radius 1 is 0.875 bits per heavy atom. The molecule has 0 radical (unpaired) electrons. The number of aryl methyl sites for hydroxylation is 2. The van der Waals surface area contributed by atoms with Crippen LogP contribution in [0, 0.1) is 13.8 Å². The van der Waals surface area contributed by atoms with E-state index in [1.807, 2.05) is 44.2 Å². The van der Waals surface area contributed by atoms with Gasteiger partial charge >= 0.3 is 0 Å². The summed E-state index contributed by atoms with van der Waals surface area (Å²) in [4.78, 5) is 21.5. The van der Waals surface area contributed by atoms with Crippen LogP contribution in [0.15, 0.2) is 40.6 Å².